The van der Waals surface area contributed by atoms with Crippen LogP contribution in [0.15, 0.2) is 22.7 Å². The zero-order valence-electron chi connectivity index (χ0n) is 9.24. The van der Waals surface area contributed by atoms with Gasteiger partial charge < -0.3 is 15.2 Å². The summed E-state index contributed by atoms with van der Waals surface area (Å²) < 4.78 is 5.63. The molecule has 1 atom stereocenters. The van der Waals surface area contributed by atoms with Crippen LogP contribution in [0.4, 0.5) is 0 Å². The molecule has 0 fully saturated rings. The number of methoxy groups -OCH3 is 1. The predicted octanol–water partition coefficient (Wildman–Crippen LogP) is 1.84. The molecule has 17 heavy (non-hydrogen) atoms. The number of nitrogens with one attached hydrogen (secondary N) is 1. The van der Waals surface area contributed by atoms with Crippen molar-refractivity contribution in [3.8, 4) is 0 Å². The molecular weight excluding hydrogens is 309 g/mol. The van der Waals surface area contributed by atoms with Gasteiger partial charge in [-0.25, -0.2) is 0 Å². The lowest BCUT2D eigenvalue weighted by molar-refractivity contribution is 0.0840. The predicted molar refractivity (Wildman–Crippen MR) is 69.4 cm³/mol. The average molecular weight is 323 g/mol. The topological polar surface area (TPSA) is 58.6 Å². The van der Waals surface area contributed by atoms with E-state index in [1.807, 2.05) is 0 Å². The molecule has 0 aliphatic rings. The Labute approximate surface area is 113 Å². The van der Waals surface area contributed by atoms with Gasteiger partial charge in [-0.3, -0.25) is 4.79 Å². The van der Waals surface area contributed by atoms with Crippen molar-refractivity contribution in [3.05, 3.63) is 33.3 Å². The smallest absolute Gasteiger partial charge is 0.253 e. The molecule has 1 aromatic rings. The molecule has 1 rings (SSSR count). The van der Waals surface area contributed by atoms with Crippen LogP contribution in [0.3, 0.4) is 0 Å². The highest BCUT2D eigenvalue weighted by atomic mass is 79.9. The maximum Gasteiger partial charge on any atom is 0.253 e. The van der Waals surface area contributed by atoms with E-state index in [0.29, 0.717) is 10.6 Å². The van der Waals surface area contributed by atoms with Crippen molar-refractivity contribution < 1.29 is 14.6 Å². The number of hydrogen-bond donors (Lipinski definition) is 2. The summed E-state index contributed by atoms with van der Waals surface area (Å²) in [7, 11) is 1.50. The summed E-state index contributed by atoms with van der Waals surface area (Å²) >= 11 is 9.19. The molecule has 0 saturated heterocycles. The number of benzene rings is 1. The second kappa shape index (κ2) is 6.96. The number of aliphatic hydroxyl groups is 1. The maximum atomic E-state index is 11.9. The highest BCUT2D eigenvalue weighted by Gasteiger charge is 2.15. The van der Waals surface area contributed by atoms with E-state index in [2.05, 4.69) is 21.2 Å². The molecular formula is C11H13BrClNO3. The molecule has 4 nitrogen and oxygen atoms in total. The van der Waals surface area contributed by atoms with Crippen LogP contribution < -0.4 is 5.32 Å². The number of ether oxygens (including phenoxy) is 1. The first-order valence-electron chi connectivity index (χ1n) is 4.94. The Morgan fingerprint density at radius 1 is 1.65 bits per heavy atom. The summed E-state index contributed by atoms with van der Waals surface area (Å²) in [6.07, 6.45) is 0. The van der Waals surface area contributed by atoms with E-state index < -0.39 is 6.04 Å². The van der Waals surface area contributed by atoms with Crippen LogP contribution >= 0.6 is 27.5 Å². The van der Waals surface area contributed by atoms with Crippen molar-refractivity contribution in [2.45, 2.75) is 6.04 Å². The van der Waals surface area contributed by atoms with Gasteiger partial charge in [-0.2, -0.15) is 0 Å². The Morgan fingerprint density at radius 2 is 2.35 bits per heavy atom. The van der Waals surface area contributed by atoms with Crippen LogP contribution in [0.5, 0.6) is 0 Å². The number of carbonyl (C=O) groups is 1. The molecule has 1 aromatic carbocycles. The molecule has 1 unspecified atom stereocenters. The Bertz CT molecular complexity index is 400. The minimum absolute atomic E-state index is 0.189. The number of hydrogen-bond acceptors (Lipinski definition) is 3. The van der Waals surface area contributed by atoms with E-state index >= 15 is 0 Å². The Balaban J connectivity index is 2.78. The minimum atomic E-state index is -0.442. The maximum absolute atomic E-state index is 11.9. The summed E-state index contributed by atoms with van der Waals surface area (Å²) in [6, 6.07) is 4.56. The molecule has 1 amide bonds. The summed E-state index contributed by atoms with van der Waals surface area (Å²) in [6.45, 7) is 0.0546. The lowest BCUT2D eigenvalue weighted by Gasteiger charge is -2.15. The van der Waals surface area contributed by atoms with Crippen LogP contribution in [0.1, 0.15) is 10.4 Å². The zero-order valence-corrected chi connectivity index (χ0v) is 11.6. The van der Waals surface area contributed by atoms with Crippen molar-refractivity contribution in [1.82, 2.24) is 5.32 Å². The molecule has 0 aliphatic heterocycles. The fraction of sp³-hybridized carbons (Fsp3) is 0.364. The van der Waals surface area contributed by atoms with Gasteiger partial charge in [0.25, 0.3) is 5.91 Å². The number of halogens is 2. The van der Waals surface area contributed by atoms with Crippen molar-refractivity contribution >= 4 is 33.4 Å². The molecule has 2 N–H and O–H groups in total. The lowest BCUT2D eigenvalue weighted by Crippen LogP contribution is -2.40. The Morgan fingerprint density at radius 3 is 2.94 bits per heavy atom. The van der Waals surface area contributed by atoms with Crippen molar-refractivity contribution in [3.63, 3.8) is 0 Å². The van der Waals surface area contributed by atoms with E-state index in [1.165, 1.54) is 7.11 Å². The van der Waals surface area contributed by atoms with Gasteiger partial charge in [-0.05, 0) is 18.2 Å². The highest BCUT2D eigenvalue weighted by molar-refractivity contribution is 9.10. The lowest BCUT2D eigenvalue weighted by atomic mass is 10.2. The van der Waals surface area contributed by atoms with E-state index in [0.717, 1.165) is 4.47 Å². The fourth-order valence-electron chi connectivity index (χ4n) is 1.28. The van der Waals surface area contributed by atoms with Gasteiger partial charge in [0.15, 0.2) is 0 Å². The largest absolute Gasteiger partial charge is 0.394 e. The number of carbonyl (C=O) groups excluding carboxylic acids is 1. The molecule has 0 saturated carbocycles. The fourth-order valence-corrected chi connectivity index (χ4v) is 1.84. The van der Waals surface area contributed by atoms with Crippen molar-refractivity contribution in [1.29, 1.82) is 0 Å². The number of amides is 1. The van der Waals surface area contributed by atoms with E-state index in [-0.39, 0.29) is 19.1 Å². The second-order valence-electron chi connectivity index (χ2n) is 3.43. The third-order valence-corrected chi connectivity index (χ3v) is 2.92. The van der Waals surface area contributed by atoms with Gasteiger partial charge in [-0.1, -0.05) is 27.5 Å². The van der Waals surface area contributed by atoms with E-state index in [1.54, 1.807) is 18.2 Å². The highest BCUT2D eigenvalue weighted by Crippen LogP contribution is 2.20. The molecule has 0 radical (unpaired) electrons. The third kappa shape index (κ3) is 4.27. The third-order valence-electron chi connectivity index (χ3n) is 2.10. The van der Waals surface area contributed by atoms with Crippen LogP contribution in [0.2, 0.25) is 5.02 Å². The Hall–Kier alpha value is -0.620. The summed E-state index contributed by atoms with van der Waals surface area (Å²) in [5, 5.41) is 12.0. The zero-order chi connectivity index (χ0) is 12.8. The van der Waals surface area contributed by atoms with Crippen LogP contribution in [0, 0.1) is 0 Å². The first-order chi connectivity index (χ1) is 8.08. The van der Waals surface area contributed by atoms with E-state index in [4.69, 9.17) is 21.4 Å². The van der Waals surface area contributed by atoms with Crippen molar-refractivity contribution in [2.75, 3.05) is 20.3 Å². The van der Waals surface area contributed by atoms with Gasteiger partial charge in [0.05, 0.1) is 29.8 Å². The van der Waals surface area contributed by atoms with Crippen molar-refractivity contribution in [2.24, 2.45) is 0 Å². The van der Waals surface area contributed by atoms with Gasteiger partial charge in [0.2, 0.25) is 0 Å². The standard InChI is InChI=1S/C11H13BrClNO3/c1-17-6-8(5-15)14-11(16)9-4-7(12)2-3-10(9)13/h2-4,8,15H,5-6H2,1H3,(H,14,16). The molecule has 0 spiro atoms. The normalized spacial score (nSPS) is 12.2. The van der Waals surface area contributed by atoms with Crippen LogP contribution in [-0.4, -0.2) is 37.4 Å². The molecule has 0 bridgehead atoms. The SMILES string of the molecule is COCC(CO)NC(=O)c1cc(Br)ccc1Cl. The molecule has 94 valence electrons. The number of rotatable bonds is 5. The van der Waals surface area contributed by atoms with Gasteiger partial charge in [-0.15, -0.1) is 0 Å². The molecule has 0 aromatic heterocycles. The number of aliphatic hydroxyl groups excluding tert-OH is 1. The van der Waals surface area contributed by atoms with Gasteiger partial charge in [0, 0.05) is 11.6 Å². The monoisotopic (exact) mass is 321 g/mol. The van der Waals surface area contributed by atoms with Crippen LogP contribution in [-0.2, 0) is 4.74 Å². The Kier molecular flexibility index (Phi) is 5.91. The van der Waals surface area contributed by atoms with E-state index in [9.17, 15) is 4.79 Å². The summed E-state index contributed by atoms with van der Waals surface area (Å²) in [5.41, 5.74) is 0.357. The average Bonchev–Trinajstić information content (AvgIpc) is 2.31. The van der Waals surface area contributed by atoms with Gasteiger partial charge >= 0.3 is 0 Å². The van der Waals surface area contributed by atoms with Crippen LogP contribution in [0.25, 0.3) is 0 Å². The first-order valence-corrected chi connectivity index (χ1v) is 6.11. The summed E-state index contributed by atoms with van der Waals surface area (Å²) in [5.74, 6) is -0.340. The molecule has 0 heterocycles. The quantitative estimate of drug-likeness (QED) is 0.869. The minimum Gasteiger partial charge on any atom is -0.394 e. The van der Waals surface area contributed by atoms with Gasteiger partial charge in [0.1, 0.15) is 0 Å². The molecule has 0 aliphatic carbocycles. The first kappa shape index (κ1) is 14.4. The summed E-state index contributed by atoms with van der Waals surface area (Å²) in [4.78, 5) is 11.9. The second-order valence-corrected chi connectivity index (χ2v) is 4.76. The molecule has 6 heteroatoms.